The number of carbonyl (C=O) groups is 3. The quantitative estimate of drug-likeness (QED) is 0.220. The van der Waals surface area contributed by atoms with Crippen molar-refractivity contribution in [1.29, 1.82) is 0 Å². The van der Waals surface area contributed by atoms with Crippen LogP contribution in [0.25, 0.3) is 11.1 Å². The van der Waals surface area contributed by atoms with Crippen LogP contribution < -0.4 is 5.32 Å². The zero-order valence-electron chi connectivity index (χ0n) is 24.1. The largest absolute Gasteiger partial charge is 0.481 e. The van der Waals surface area contributed by atoms with E-state index in [9.17, 15) is 23.9 Å². The van der Waals surface area contributed by atoms with Gasteiger partial charge in [-0.3, -0.25) is 14.4 Å². The molecule has 216 valence electrons. The average molecular weight is 567 g/mol. The number of hydrogen-bond donors (Lipinski definition) is 2. The molecule has 2 N–H and O–H groups in total. The molecule has 0 atom stereocenters. The number of amides is 2. The minimum atomic E-state index is -1.03. The molecule has 0 spiro atoms. The Labute approximate surface area is 245 Å². The molecular formula is C35H35FN2O4. The average Bonchev–Trinajstić information content (AvgIpc) is 2.98. The minimum absolute atomic E-state index is 0.0317. The number of carboxylic acid groups (broad SMARTS) is 1. The summed E-state index contributed by atoms with van der Waals surface area (Å²) in [6, 6.07) is 27.9. The third kappa shape index (κ3) is 7.69. The van der Waals surface area contributed by atoms with Gasteiger partial charge in [-0.15, -0.1) is 0 Å². The van der Waals surface area contributed by atoms with Gasteiger partial charge < -0.3 is 15.3 Å². The zero-order valence-corrected chi connectivity index (χ0v) is 24.1. The van der Waals surface area contributed by atoms with Gasteiger partial charge in [0, 0.05) is 30.8 Å². The van der Waals surface area contributed by atoms with Crippen molar-refractivity contribution in [2.24, 2.45) is 0 Å². The second kappa shape index (κ2) is 13.3. The van der Waals surface area contributed by atoms with E-state index >= 15 is 0 Å². The van der Waals surface area contributed by atoms with Gasteiger partial charge in [-0.05, 0) is 57.5 Å². The normalized spacial score (nSPS) is 11.1. The summed E-state index contributed by atoms with van der Waals surface area (Å²) < 4.78 is 13.5. The highest BCUT2D eigenvalue weighted by Gasteiger charge is 2.23. The van der Waals surface area contributed by atoms with Crippen molar-refractivity contribution in [1.82, 2.24) is 10.2 Å². The van der Waals surface area contributed by atoms with Gasteiger partial charge in [-0.1, -0.05) is 93.6 Å². The number of benzene rings is 4. The van der Waals surface area contributed by atoms with E-state index in [4.69, 9.17) is 0 Å². The van der Waals surface area contributed by atoms with E-state index in [1.54, 1.807) is 60.7 Å². The molecule has 0 aliphatic rings. The Morgan fingerprint density at radius 2 is 1.31 bits per heavy atom. The zero-order chi connectivity index (χ0) is 30.3. The van der Waals surface area contributed by atoms with Crippen LogP contribution in [0, 0.1) is 5.82 Å². The van der Waals surface area contributed by atoms with Crippen molar-refractivity contribution in [2.75, 3.05) is 6.54 Å². The summed E-state index contributed by atoms with van der Waals surface area (Å²) in [5.41, 5.74) is 4.78. The van der Waals surface area contributed by atoms with Gasteiger partial charge in [0.1, 0.15) is 5.82 Å². The van der Waals surface area contributed by atoms with Crippen molar-refractivity contribution >= 4 is 17.8 Å². The first-order valence-corrected chi connectivity index (χ1v) is 13.8. The van der Waals surface area contributed by atoms with Gasteiger partial charge in [-0.2, -0.15) is 0 Å². The Morgan fingerprint density at radius 3 is 1.90 bits per heavy atom. The van der Waals surface area contributed by atoms with Crippen molar-refractivity contribution in [2.45, 2.75) is 45.7 Å². The number of aliphatic carboxylic acids is 1. The van der Waals surface area contributed by atoms with Crippen molar-refractivity contribution < 1.29 is 23.9 Å². The van der Waals surface area contributed by atoms with Crippen LogP contribution >= 0.6 is 0 Å². The number of halogens is 1. The molecule has 0 fully saturated rings. The predicted molar refractivity (Wildman–Crippen MR) is 162 cm³/mol. The molecule has 0 aliphatic heterocycles. The molecular weight excluding hydrogens is 531 g/mol. The first-order valence-electron chi connectivity index (χ1n) is 13.8. The van der Waals surface area contributed by atoms with Gasteiger partial charge in [0.05, 0.1) is 6.42 Å². The lowest BCUT2D eigenvalue weighted by Gasteiger charge is -2.24. The molecule has 42 heavy (non-hydrogen) atoms. The maximum Gasteiger partial charge on any atom is 0.305 e. The summed E-state index contributed by atoms with van der Waals surface area (Å²) in [5, 5.41) is 12.3. The summed E-state index contributed by atoms with van der Waals surface area (Å²) in [6.45, 7) is 6.87. The van der Waals surface area contributed by atoms with E-state index in [0.29, 0.717) is 34.4 Å². The SMILES string of the molecule is CC(C)(C)c1ccc(CNC(=O)c2ccccc2-c2ccccc2C(=O)N(CCC(=O)O)Cc2ccc(F)cc2)cc1. The highest BCUT2D eigenvalue weighted by Crippen LogP contribution is 2.29. The molecule has 0 aliphatic carbocycles. The number of nitrogens with zero attached hydrogens (tertiary/aromatic N) is 1. The van der Waals surface area contributed by atoms with Crippen LogP contribution in [0.3, 0.4) is 0 Å². The molecule has 0 unspecified atom stereocenters. The molecule has 6 nitrogen and oxygen atoms in total. The van der Waals surface area contributed by atoms with E-state index in [1.807, 2.05) is 12.1 Å². The molecule has 0 aromatic heterocycles. The Morgan fingerprint density at radius 1 is 0.762 bits per heavy atom. The lowest BCUT2D eigenvalue weighted by Crippen LogP contribution is -2.33. The summed E-state index contributed by atoms with van der Waals surface area (Å²) in [6.07, 6.45) is -0.245. The van der Waals surface area contributed by atoms with E-state index in [2.05, 4.69) is 38.2 Å². The summed E-state index contributed by atoms with van der Waals surface area (Å²) in [5.74, 6) is -2.09. The minimum Gasteiger partial charge on any atom is -0.481 e. The van der Waals surface area contributed by atoms with Crippen LogP contribution in [0.5, 0.6) is 0 Å². The van der Waals surface area contributed by atoms with E-state index in [-0.39, 0.29) is 36.7 Å². The standard InChI is InChI=1S/C35H35FN2O4/c1-35(2,3)26-16-12-24(13-17-26)22-37-33(41)30-10-6-4-8-28(30)29-9-5-7-11-31(29)34(42)38(21-20-32(39)40)23-25-14-18-27(36)19-15-25/h4-19H,20-23H2,1-3H3,(H,37,41)(H,39,40). The third-order valence-corrected chi connectivity index (χ3v) is 7.06. The molecule has 0 radical (unpaired) electrons. The number of carbonyl (C=O) groups excluding carboxylic acids is 2. The first kappa shape index (κ1) is 30.2. The highest BCUT2D eigenvalue weighted by atomic mass is 19.1. The Hall–Kier alpha value is -4.78. The molecule has 0 saturated carbocycles. The third-order valence-electron chi connectivity index (χ3n) is 7.06. The van der Waals surface area contributed by atoms with E-state index in [1.165, 1.54) is 22.6 Å². The maximum atomic E-state index is 13.9. The smallest absolute Gasteiger partial charge is 0.305 e. The van der Waals surface area contributed by atoms with Crippen molar-refractivity contribution in [3.63, 3.8) is 0 Å². The maximum absolute atomic E-state index is 13.9. The number of rotatable bonds is 10. The fraction of sp³-hybridized carbons (Fsp3) is 0.229. The second-order valence-corrected chi connectivity index (χ2v) is 11.2. The van der Waals surface area contributed by atoms with Crippen LogP contribution in [-0.4, -0.2) is 34.3 Å². The van der Waals surface area contributed by atoms with Crippen LogP contribution in [0.4, 0.5) is 4.39 Å². The van der Waals surface area contributed by atoms with Crippen LogP contribution in [0.2, 0.25) is 0 Å². The molecule has 4 aromatic carbocycles. The number of nitrogens with one attached hydrogen (secondary N) is 1. The Bertz CT molecular complexity index is 1560. The molecule has 7 heteroatoms. The summed E-state index contributed by atoms with van der Waals surface area (Å²) in [4.78, 5) is 40.1. The van der Waals surface area contributed by atoms with E-state index < -0.39 is 11.8 Å². The highest BCUT2D eigenvalue weighted by molar-refractivity contribution is 6.06. The number of hydrogen-bond acceptors (Lipinski definition) is 3. The van der Waals surface area contributed by atoms with Gasteiger partial charge >= 0.3 is 5.97 Å². The lowest BCUT2D eigenvalue weighted by molar-refractivity contribution is -0.137. The van der Waals surface area contributed by atoms with Crippen LogP contribution in [-0.2, 0) is 23.3 Å². The fourth-order valence-electron chi connectivity index (χ4n) is 4.68. The monoisotopic (exact) mass is 566 g/mol. The molecule has 4 rings (SSSR count). The molecule has 0 saturated heterocycles. The van der Waals surface area contributed by atoms with Crippen LogP contribution in [0.1, 0.15) is 64.6 Å². The Balaban J connectivity index is 1.60. The van der Waals surface area contributed by atoms with Gasteiger partial charge in [0.15, 0.2) is 0 Å². The topological polar surface area (TPSA) is 86.7 Å². The second-order valence-electron chi connectivity index (χ2n) is 11.2. The van der Waals surface area contributed by atoms with Crippen LogP contribution in [0.15, 0.2) is 97.1 Å². The summed E-state index contributed by atoms with van der Waals surface area (Å²) in [7, 11) is 0. The molecule has 0 heterocycles. The molecule has 0 bridgehead atoms. The van der Waals surface area contributed by atoms with Crippen molar-refractivity contribution in [3.05, 3.63) is 131 Å². The molecule has 2 amide bonds. The Kier molecular flexibility index (Phi) is 9.53. The lowest BCUT2D eigenvalue weighted by atomic mass is 9.87. The van der Waals surface area contributed by atoms with Gasteiger partial charge in [-0.25, -0.2) is 4.39 Å². The van der Waals surface area contributed by atoms with Gasteiger partial charge in [0.25, 0.3) is 11.8 Å². The fourth-order valence-corrected chi connectivity index (χ4v) is 4.68. The predicted octanol–water partition coefficient (Wildman–Crippen LogP) is 6.84. The van der Waals surface area contributed by atoms with E-state index in [0.717, 1.165) is 5.56 Å². The van der Waals surface area contributed by atoms with Crippen molar-refractivity contribution in [3.8, 4) is 11.1 Å². The van der Waals surface area contributed by atoms with Gasteiger partial charge in [0.2, 0.25) is 0 Å². The first-order chi connectivity index (χ1) is 20.0. The summed E-state index contributed by atoms with van der Waals surface area (Å²) >= 11 is 0. The number of carboxylic acids is 1. The molecule has 4 aromatic rings.